The van der Waals surface area contributed by atoms with E-state index in [9.17, 15) is 19.5 Å². The van der Waals surface area contributed by atoms with Crippen molar-refractivity contribution in [2.75, 3.05) is 23.7 Å². The number of urea groups is 1. The molecule has 1 aliphatic rings. The minimum Gasteiger partial charge on any atom is -0.481 e. The van der Waals surface area contributed by atoms with E-state index >= 15 is 0 Å². The number of rotatable bonds is 4. The molecule has 2 aromatic rings. The number of nitrogens with zero attached hydrogens (tertiary/aromatic N) is 1. The topological polar surface area (TPSA) is 98.7 Å². The fourth-order valence-electron chi connectivity index (χ4n) is 3.19. The van der Waals surface area contributed by atoms with Gasteiger partial charge in [0.2, 0.25) is 0 Å². The Morgan fingerprint density at radius 3 is 2.43 bits per heavy atom. The van der Waals surface area contributed by atoms with Gasteiger partial charge in [-0.25, -0.2) is 4.79 Å². The van der Waals surface area contributed by atoms with Gasteiger partial charge in [0.05, 0.1) is 5.41 Å². The Morgan fingerprint density at radius 2 is 1.79 bits per heavy atom. The van der Waals surface area contributed by atoms with Crippen LogP contribution in [0.1, 0.15) is 29.3 Å². The molecular weight excluding hydrogens is 358 g/mol. The van der Waals surface area contributed by atoms with E-state index in [1.54, 1.807) is 42.2 Å². The number of hydrogen-bond acceptors (Lipinski definition) is 3. The van der Waals surface area contributed by atoms with E-state index in [2.05, 4.69) is 10.6 Å². The molecule has 0 aromatic heterocycles. The number of carbonyl (C=O) groups excluding carboxylic acids is 2. The average molecular weight is 381 g/mol. The fraction of sp³-hybridized carbons (Fsp3) is 0.286. The number of likely N-dealkylation sites (tertiary alicyclic amines) is 1. The summed E-state index contributed by atoms with van der Waals surface area (Å²) in [5.74, 6) is -1.14. The van der Waals surface area contributed by atoms with E-state index in [1.807, 2.05) is 25.1 Å². The molecule has 1 aliphatic heterocycles. The number of anilines is 2. The summed E-state index contributed by atoms with van der Waals surface area (Å²) >= 11 is 0. The predicted molar refractivity (Wildman–Crippen MR) is 107 cm³/mol. The zero-order chi connectivity index (χ0) is 20.3. The van der Waals surface area contributed by atoms with Gasteiger partial charge in [-0.1, -0.05) is 24.3 Å². The molecule has 0 saturated carbocycles. The van der Waals surface area contributed by atoms with Crippen molar-refractivity contribution in [1.82, 2.24) is 4.90 Å². The van der Waals surface area contributed by atoms with E-state index in [0.717, 1.165) is 5.56 Å². The van der Waals surface area contributed by atoms with Crippen LogP contribution in [0.3, 0.4) is 0 Å². The van der Waals surface area contributed by atoms with Crippen molar-refractivity contribution in [3.8, 4) is 0 Å². The first-order valence-electron chi connectivity index (χ1n) is 9.05. The fourth-order valence-corrected chi connectivity index (χ4v) is 3.19. The highest BCUT2D eigenvalue weighted by Crippen LogP contribution is 2.31. The molecule has 146 valence electrons. The Kier molecular flexibility index (Phi) is 5.35. The van der Waals surface area contributed by atoms with Crippen LogP contribution in [-0.4, -0.2) is 41.0 Å². The SMILES string of the molecule is Cc1ccc(C(=O)N2CCC(C)(C(=O)O)C2)cc1NC(=O)Nc1ccccc1. The van der Waals surface area contributed by atoms with Crippen molar-refractivity contribution in [3.63, 3.8) is 0 Å². The number of carboxylic acid groups (broad SMARTS) is 1. The lowest BCUT2D eigenvalue weighted by Gasteiger charge is -2.20. The highest BCUT2D eigenvalue weighted by molar-refractivity contribution is 6.02. The van der Waals surface area contributed by atoms with Gasteiger partial charge in [-0.05, 0) is 50.1 Å². The quantitative estimate of drug-likeness (QED) is 0.754. The number of carbonyl (C=O) groups is 3. The summed E-state index contributed by atoms with van der Waals surface area (Å²) in [5.41, 5.74) is 1.50. The number of aryl methyl sites for hydroxylation is 1. The molecule has 3 amide bonds. The lowest BCUT2D eigenvalue weighted by molar-refractivity contribution is -0.147. The standard InChI is InChI=1S/C21H23N3O4/c1-14-8-9-15(18(25)24-11-10-21(2,13-24)19(26)27)12-17(14)23-20(28)22-16-6-4-3-5-7-16/h3-9,12H,10-11,13H2,1-2H3,(H,26,27)(H2,22,23,28). The van der Waals surface area contributed by atoms with Crippen molar-refractivity contribution in [2.24, 2.45) is 5.41 Å². The summed E-state index contributed by atoms with van der Waals surface area (Å²) in [6.07, 6.45) is 0.421. The monoisotopic (exact) mass is 381 g/mol. The largest absolute Gasteiger partial charge is 0.481 e. The second-order valence-corrected chi connectivity index (χ2v) is 7.32. The van der Waals surface area contributed by atoms with Crippen LogP contribution in [0, 0.1) is 12.3 Å². The molecule has 1 heterocycles. The first-order chi connectivity index (χ1) is 13.3. The molecule has 1 saturated heterocycles. The molecule has 0 spiro atoms. The summed E-state index contributed by atoms with van der Waals surface area (Å²) in [6, 6.07) is 13.7. The second kappa shape index (κ2) is 7.72. The number of hydrogen-bond donors (Lipinski definition) is 3. The van der Waals surface area contributed by atoms with E-state index in [1.165, 1.54) is 0 Å². The van der Waals surface area contributed by atoms with Crippen molar-refractivity contribution >= 4 is 29.3 Å². The number of para-hydroxylation sites is 1. The van der Waals surface area contributed by atoms with E-state index in [0.29, 0.717) is 29.9 Å². The maximum atomic E-state index is 12.8. The van der Waals surface area contributed by atoms with Gasteiger partial charge < -0.3 is 20.6 Å². The molecule has 0 bridgehead atoms. The van der Waals surface area contributed by atoms with Crippen LogP contribution in [-0.2, 0) is 4.79 Å². The number of carboxylic acids is 1. The van der Waals surface area contributed by atoms with Crippen LogP contribution in [0.5, 0.6) is 0 Å². The van der Waals surface area contributed by atoms with Gasteiger partial charge in [0, 0.05) is 30.0 Å². The van der Waals surface area contributed by atoms with Crippen LogP contribution < -0.4 is 10.6 Å². The van der Waals surface area contributed by atoms with Crippen molar-refractivity contribution < 1.29 is 19.5 Å². The van der Waals surface area contributed by atoms with Crippen LogP contribution in [0.25, 0.3) is 0 Å². The normalized spacial score (nSPS) is 18.6. The zero-order valence-electron chi connectivity index (χ0n) is 15.9. The Balaban J connectivity index is 1.72. The van der Waals surface area contributed by atoms with Crippen LogP contribution in [0.15, 0.2) is 48.5 Å². The summed E-state index contributed by atoms with van der Waals surface area (Å²) in [7, 11) is 0. The maximum Gasteiger partial charge on any atom is 0.323 e. The first kappa shape index (κ1) is 19.4. The molecule has 3 rings (SSSR count). The molecule has 1 atom stereocenters. The van der Waals surface area contributed by atoms with Crippen LogP contribution in [0.2, 0.25) is 0 Å². The minimum atomic E-state index is -0.920. The Bertz CT molecular complexity index is 913. The van der Waals surface area contributed by atoms with Crippen molar-refractivity contribution in [2.45, 2.75) is 20.3 Å². The van der Waals surface area contributed by atoms with Gasteiger partial charge in [-0.15, -0.1) is 0 Å². The third kappa shape index (κ3) is 4.14. The average Bonchev–Trinajstić information content (AvgIpc) is 3.07. The Morgan fingerprint density at radius 1 is 1.07 bits per heavy atom. The van der Waals surface area contributed by atoms with Gasteiger partial charge >= 0.3 is 12.0 Å². The van der Waals surface area contributed by atoms with E-state index < -0.39 is 17.4 Å². The number of benzene rings is 2. The second-order valence-electron chi connectivity index (χ2n) is 7.32. The lowest BCUT2D eigenvalue weighted by Crippen LogP contribution is -2.34. The molecule has 7 nitrogen and oxygen atoms in total. The molecule has 1 fully saturated rings. The molecule has 3 N–H and O–H groups in total. The first-order valence-corrected chi connectivity index (χ1v) is 9.05. The van der Waals surface area contributed by atoms with Gasteiger partial charge in [0.1, 0.15) is 0 Å². The summed E-state index contributed by atoms with van der Waals surface area (Å²) < 4.78 is 0. The number of aliphatic carboxylic acids is 1. The highest BCUT2D eigenvalue weighted by Gasteiger charge is 2.42. The number of amides is 3. The number of nitrogens with one attached hydrogen (secondary N) is 2. The zero-order valence-corrected chi connectivity index (χ0v) is 15.9. The summed E-state index contributed by atoms with van der Waals surface area (Å²) in [5, 5.41) is 14.8. The predicted octanol–water partition coefficient (Wildman–Crippen LogP) is 3.58. The van der Waals surface area contributed by atoms with Crippen molar-refractivity contribution in [1.29, 1.82) is 0 Å². The van der Waals surface area contributed by atoms with Crippen LogP contribution in [0.4, 0.5) is 16.2 Å². The van der Waals surface area contributed by atoms with Crippen molar-refractivity contribution in [3.05, 3.63) is 59.7 Å². The van der Waals surface area contributed by atoms with Gasteiger partial charge in [0.15, 0.2) is 0 Å². The van der Waals surface area contributed by atoms with Gasteiger partial charge in [-0.3, -0.25) is 9.59 Å². The maximum absolute atomic E-state index is 12.8. The molecule has 28 heavy (non-hydrogen) atoms. The van der Waals surface area contributed by atoms with Gasteiger partial charge in [-0.2, -0.15) is 0 Å². The molecule has 1 unspecified atom stereocenters. The third-order valence-electron chi connectivity index (χ3n) is 5.04. The Labute approximate surface area is 163 Å². The lowest BCUT2D eigenvalue weighted by atomic mass is 9.90. The minimum absolute atomic E-state index is 0.173. The highest BCUT2D eigenvalue weighted by atomic mass is 16.4. The van der Waals surface area contributed by atoms with E-state index in [4.69, 9.17) is 0 Å². The molecule has 2 aromatic carbocycles. The molecular formula is C21H23N3O4. The molecule has 0 radical (unpaired) electrons. The Hall–Kier alpha value is -3.35. The van der Waals surface area contributed by atoms with Gasteiger partial charge in [0.25, 0.3) is 5.91 Å². The summed E-state index contributed by atoms with van der Waals surface area (Å²) in [6.45, 7) is 4.06. The molecule has 0 aliphatic carbocycles. The summed E-state index contributed by atoms with van der Waals surface area (Å²) in [4.78, 5) is 38.0. The van der Waals surface area contributed by atoms with E-state index in [-0.39, 0.29) is 12.5 Å². The molecule has 7 heteroatoms. The third-order valence-corrected chi connectivity index (χ3v) is 5.04. The van der Waals surface area contributed by atoms with Crippen LogP contribution >= 0.6 is 0 Å². The smallest absolute Gasteiger partial charge is 0.323 e.